The number of nitrogens with one attached hydrogen (secondary N) is 2. The number of benzene rings is 1. The Morgan fingerprint density at radius 3 is 2.57 bits per heavy atom. The van der Waals surface area contributed by atoms with Gasteiger partial charge >= 0.3 is 0 Å². The minimum absolute atomic E-state index is 0.276. The van der Waals surface area contributed by atoms with Crippen LogP contribution in [-0.4, -0.2) is 33.3 Å². The van der Waals surface area contributed by atoms with E-state index in [1.807, 2.05) is 41.9 Å². The number of nitrogens with two attached hydrogens (primary N) is 1. The monoisotopic (exact) mass is 408 g/mol. The van der Waals surface area contributed by atoms with Crippen molar-refractivity contribution < 1.29 is 4.74 Å². The van der Waals surface area contributed by atoms with Crippen LogP contribution in [-0.2, 0) is 0 Å². The second kappa shape index (κ2) is 8.92. The van der Waals surface area contributed by atoms with Gasteiger partial charge in [-0.05, 0) is 62.8 Å². The van der Waals surface area contributed by atoms with Crippen molar-refractivity contribution in [3.8, 4) is 5.75 Å². The smallest absolute Gasteiger partial charge is 0.177 e. The lowest BCUT2D eigenvalue weighted by Crippen LogP contribution is -2.33. The predicted octanol–water partition coefficient (Wildman–Crippen LogP) is 4.68. The first-order chi connectivity index (χ1) is 14.5. The first kappa shape index (κ1) is 20.5. The number of hydrogen-bond acceptors (Lipinski definition) is 6. The summed E-state index contributed by atoms with van der Waals surface area (Å²) in [5.74, 6) is 2.06. The molecule has 0 aliphatic heterocycles. The van der Waals surface area contributed by atoms with Crippen molar-refractivity contribution in [2.75, 3.05) is 17.2 Å². The van der Waals surface area contributed by atoms with Crippen LogP contribution >= 0.6 is 0 Å². The van der Waals surface area contributed by atoms with Crippen molar-refractivity contribution >= 4 is 22.8 Å². The minimum atomic E-state index is 0.276. The molecule has 0 spiro atoms. The summed E-state index contributed by atoms with van der Waals surface area (Å²) in [6.45, 7) is 7.04. The lowest BCUT2D eigenvalue weighted by Gasteiger charge is -2.29. The zero-order valence-corrected chi connectivity index (χ0v) is 18.1. The predicted molar refractivity (Wildman–Crippen MR) is 122 cm³/mol. The molecule has 1 fully saturated rings. The first-order valence-electron chi connectivity index (χ1n) is 10.9. The number of fused-ring (bicyclic) bond motifs is 1. The molecule has 2 heterocycles. The van der Waals surface area contributed by atoms with Crippen LogP contribution in [0.2, 0.25) is 0 Å². The molecule has 160 valence electrons. The van der Waals surface area contributed by atoms with Gasteiger partial charge in [0.2, 0.25) is 0 Å². The summed E-state index contributed by atoms with van der Waals surface area (Å²) >= 11 is 0. The van der Waals surface area contributed by atoms with Crippen molar-refractivity contribution in [1.29, 1.82) is 0 Å². The Bertz CT molecular complexity index is 973. The summed E-state index contributed by atoms with van der Waals surface area (Å²) in [5, 5.41) is 12.2. The molecular weight excluding hydrogens is 376 g/mol. The molecule has 1 saturated carbocycles. The fraction of sp³-hybridized carbons (Fsp3) is 0.478. The molecule has 30 heavy (non-hydrogen) atoms. The molecule has 1 aromatic carbocycles. The number of imidazole rings is 1. The highest BCUT2D eigenvalue weighted by Gasteiger charge is 2.24. The fourth-order valence-electron chi connectivity index (χ4n) is 4.15. The van der Waals surface area contributed by atoms with E-state index in [1.165, 1.54) is 0 Å². The third-order valence-corrected chi connectivity index (χ3v) is 5.70. The van der Waals surface area contributed by atoms with Gasteiger partial charge in [-0.3, -0.25) is 0 Å². The molecule has 0 amide bonds. The lowest BCUT2D eigenvalue weighted by molar-refractivity contribution is 0.340. The first-order valence-corrected chi connectivity index (χ1v) is 10.9. The van der Waals surface area contributed by atoms with Crippen molar-refractivity contribution in [3.63, 3.8) is 0 Å². The van der Waals surface area contributed by atoms with E-state index in [1.54, 1.807) is 6.20 Å². The Hall–Kier alpha value is -2.80. The maximum Gasteiger partial charge on any atom is 0.177 e. The normalized spacial score (nSPS) is 19.2. The fourth-order valence-corrected chi connectivity index (χ4v) is 4.15. The molecule has 0 radical (unpaired) electrons. The summed E-state index contributed by atoms with van der Waals surface area (Å²) in [6.07, 6.45) is 7.94. The molecule has 1 aliphatic rings. The molecule has 7 nitrogen and oxygen atoms in total. The van der Waals surface area contributed by atoms with Crippen LogP contribution in [0.5, 0.6) is 5.75 Å². The van der Waals surface area contributed by atoms with E-state index in [0.29, 0.717) is 18.7 Å². The van der Waals surface area contributed by atoms with E-state index >= 15 is 0 Å². The second-order valence-corrected chi connectivity index (χ2v) is 8.33. The molecule has 7 heteroatoms. The standard InChI is InChI=1S/C23H32N6O/c1-4-30-19-11-9-17(10-12-19)26-21-20(15(2)3)22(28-29-14-13-25-23(21)29)27-18-7-5-16(24)6-8-18/h9-16,18,26H,4-8,24H2,1-3H3,(H,27,28). The zero-order valence-electron chi connectivity index (χ0n) is 18.1. The van der Waals surface area contributed by atoms with Crippen molar-refractivity contribution in [2.24, 2.45) is 5.73 Å². The average Bonchev–Trinajstić information content (AvgIpc) is 3.20. The number of hydrogen-bond donors (Lipinski definition) is 3. The Kier molecular flexibility index (Phi) is 6.08. The number of anilines is 3. The van der Waals surface area contributed by atoms with E-state index in [9.17, 15) is 0 Å². The molecule has 4 rings (SSSR count). The lowest BCUT2D eigenvalue weighted by atomic mass is 9.91. The molecule has 4 N–H and O–H groups in total. The molecule has 2 aromatic heterocycles. The minimum Gasteiger partial charge on any atom is -0.494 e. The quantitative estimate of drug-likeness (QED) is 0.526. The van der Waals surface area contributed by atoms with Crippen molar-refractivity contribution in [3.05, 3.63) is 42.2 Å². The molecule has 0 unspecified atom stereocenters. The van der Waals surface area contributed by atoms with E-state index < -0.39 is 0 Å². The molecule has 0 bridgehead atoms. The van der Waals surface area contributed by atoms with Crippen molar-refractivity contribution in [1.82, 2.24) is 14.6 Å². The van der Waals surface area contributed by atoms with Gasteiger partial charge in [0.15, 0.2) is 11.5 Å². The zero-order chi connectivity index (χ0) is 21.1. The van der Waals surface area contributed by atoms with Gasteiger partial charge in [-0.1, -0.05) is 13.8 Å². The van der Waals surface area contributed by atoms with Crippen LogP contribution in [0.15, 0.2) is 36.7 Å². The van der Waals surface area contributed by atoms with E-state index in [4.69, 9.17) is 15.6 Å². The van der Waals surface area contributed by atoms with Gasteiger partial charge in [-0.2, -0.15) is 0 Å². The van der Waals surface area contributed by atoms with Gasteiger partial charge in [0, 0.05) is 35.7 Å². The average molecular weight is 409 g/mol. The maximum atomic E-state index is 6.09. The third kappa shape index (κ3) is 4.36. The van der Waals surface area contributed by atoms with Crippen LogP contribution in [0.3, 0.4) is 0 Å². The second-order valence-electron chi connectivity index (χ2n) is 8.33. The van der Waals surface area contributed by atoms with Crippen molar-refractivity contribution in [2.45, 2.75) is 64.5 Å². The maximum absolute atomic E-state index is 6.09. The number of aromatic nitrogens is 3. The largest absolute Gasteiger partial charge is 0.494 e. The van der Waals surface area contributed by atoms with E-state index in [2.05, 4.69) is 29.5 Å². The van der Waals surface area contributed by atoms with Gasteiger partial charge in [-0.15, -0.1) is 5.10 Å². The Balaban J connectivity index is 1.69. The summed E-state index contributed by atoms with van der Waals surface area (Å²) in [4.78, 5) is 4.57. The Morgan fingerprint density at radius 2 is 1.90 bits per heavy atom. The van der Waals surface area contributed by atoms with Crippen LogP contribution in [0.4, 0.5) is 17.2 Å². The molecule has 3 aromatic rings. The summed E-state index contributed by atoms with van der Waals surface area (Å²) < 4.78 is 7.42. The van der Waals surface area contributed by atoms with Crippen LogP contribution in [0.25, 0.3) is 5.65 Å². The summed E-state index contributed by atoms with van der Waals surface area (Å²) in [7, 11) is 0. The summed E-state index contributed by atoms with van der Waals surface area (Å²) in [5.41, 5.74) is 10.0. The highest BCUT2D eigenvalue weighted by atomic mass is 16.5. The van der Waals surface area contributed by atoms with Crippen LogP contribution in [0, 0.1) is 0 Å². The Labute approximate surface area is 178 Å². The molecular formula is C23H32N6O. The van der Waals surface area contributed by atoms with Gasteiger partial charge in [0.25, 0.3) is 0 Å². The van der Waals surface area contributed by atoms with Crippen LogP contribution in [0.1, 0.15) is 57.9 Å². The highest BCUT2D eigenvalue weighted by Crippen LogP contribution is 2.36. The number of ether oxygens (including phenoxy) is 1. The van der Waals surface area contributed by atoms with Gasteiger partial charge in [0.05, 0.1) is 12.3 Å². The third-order valence-electron chi connectivity index (χ3n) is 5.70. The molecule has 0 saturated heterocycles. The summed E-state index contributed by atoms with van der Waals surface area (Å²) in [6, 6.07) is 8.75. The molecule has 0 atom stereocenters. The van der Waals surface area contributed by atoms with Gasteiger partial charge < -0.3 is 21.1 Å². The Morgan fingerprint density at radius 1 is 1.17 bits per heavy atom. The van der Waals surface area contributed by atoms with E-state index in [-0.39, 0.29) is 5.92 Å². The highest BCUT2D eigenvalue weighted by molar-refractivity contribution is 5.81. The topological polar surface area (TPSA) is 89.5 Å². The van der Waals surface area contributed by atoms with Gasteiger partial charge in [-0.25, -0.2) is 9.50 Å². The molecule has 1 aliphatic carbocycles. The SMILES string of the molecule is CCOc1ccc(Nc2c(C(C)C)c(NC3CCC(N)CC3)nn3ccnc23)cc1. The van der Waals surface area contributed by atoms with Gasteiger partial charge in [0.1, 0.15) is 5.75 Å². The number of nitrogens with zero attached hydrogens (tertiary/aromatic N) is 3. The number of rotatable bonds is 7. The van der Waals surface area contributed by atoms with E-state index in [0.717, 1.165) is 59.8 Å². The van der Waals surface area contributed by atoms with Crippen LogP contribution < -0.4 is 21.1 Å².